The predicted molar refractivity (Wildman–Crippen MR) is 459 cm³/mol. The van der Waals surface area contributed by atoms with Crippen LogP contribution in [0.25, 0.3) is 55.6 Å². The first kappa shape index (κ1) is 86.5. The van der Waals surface area contributed by atoms with Crippen molar-refractivity contribution >= 4 is 106 Å². The normalized spacial score (nSPS) is 10.3. The van der Waals surface area contributed by atoms with E-state index >= 15 is 0 Å². The fourth-order valence-electron chi connectivity index (χ4n) is 10.8. The summed E-state index contributed by atoms with van der Waals surface area (Å²) in [4.78, 5) is 8.53. The van der Waals surface area contributed by atoms with Crippen LogP contribution >= 0.6 is 47.8 Å². The molecule has 2 heterocycles. The van der Waals surface area contributed by atoms with Crippen molar-refractivity contribution in [2.24, 2.45) is 10.2 Å². The van der Waals surface area contributed by atoms with Gasteiger partial charge in [0.1, 0.15) is 34.9 Å². The van der Waals surface area contributed by atoms with Crippen molar-refractivity contribution in [1.82, 2.24) is 9.97 Å². The van der Waals surface area contributed by atoms with Crippen molar-refractivity contribution in [2.75, 3.05) is 52.2 Å². The van der Waals surface area contributed by atoms with E-state index in [-0.39, 0.29) is 23.3 Å². The molecule has 10 rings (SSSR count). The van der Waals surface area contributed by atoms with E-state index in [1.54, 1.807) is 55.6 Å². The molecule has 0 spiro atoms. The summed E-state index contributed by atoms with van der Waals surface area (Å²) in [5.41, 5.74) is 35.9. The molecule has 0 radical (unpaired) electrons. The number of nitrogens with one attached hydrogen (secondary N) is 5. The maximum absolute atomic E-state index is 14.9. The van der Waals surface area contributed by atoms with E-state index in [9.17, 15) is 27.6 Å². The average Bonchev–Trinajstić information content (AvgIpc) is 0.845. The quantitative estimate of drug-likeness (QED) is 0.00971. The Balaban J connectivity index is 0.000000216. The van der Waals surface area contributed by atoms with Gasteiger partial charge in [0.15, 0.2) is 0 Å². The number of halogens is 7. The van der Waals surface area contributed by atoms with E-state index in [1.165, 1.54) is 28.9 Å². The molecule has 0 atom stereocenters. The minimum Gasteiger partial charge on any atom is -0.423 e. The SMILES string of the molecule is CC(C)=CCNc1ccc(-c2cc(C)c(-c3ccc(NN=C(C)C)nc3)cc2C)c(F)c1.CC(C)=CCNc1ccc(-c2cc(C)c(B(O)O)cc2C)c(F)c1.CC(C)=CCNc1ccc(-c2cc(C)c(Br)cc2C)c(F)c1.CC(C)=NNc1ccc(Br)cn1.Cc1cc(-c2ccc(N)cc2F)c(C)cc1Br. The number of nitrogens with zero attached hydrogens (tertiary/aromatic N) is 4. The first-order valence-corrected chi connectivity index (χ1v) is 37.3. The van der Waals surface area contributed by atoms with Crippen molar-refractivity contribution in [2.45, 2.75) is 125 Å². The van der Waals surface area contributed by atoms with Crippen LogP contribution in [0, 0.1) is 78.7 Å². The van der Waals surface area contributed by atoms with Gasteiger partial charge >= 0.3 is 7.12 Å². The number of nitrogen functional groups attached to an aromatic ring is 1. The number of rotatable bonds is 19. The fraction of sp³-hybridized carbons (Fsp3) is 0.241. The molecule has 0 bridgehead atoms. The van der Waals surface area contributed by atoms with Gasteiger partial charge in [-0.2, -0.15) is 10.2 Å². The lowest BCUT2D eigenvalue weighted by Crippen LogP contribution is -2.32. The number of aromatic nitrogens is 2. The van der Waals surface area contributed by atoms with Crippen LogP contribution in [0.2, 0.25) is 0 Å². The fourth-order valence-corrected chi connectivity index (χ4v) is 11.9. The highest BCUT2D eigenvalue weighted by molar-refractivity contribution is 9.11. The van der Waals surface area contributed by atoms with Gasteiger partial charge in [-0.15, -0.1) is 0 Å². The zero-order chi connectivity index (χ0) is 78.9. The summed E-state index contributed by atoms with van der Waals surface area (Å²) in [5, 5.41) is 36.5. The molecule has 0 saturated carbocycles. The van der Waals surface area contributed by atoms with Crippen LogP contribution in [0.5, 0.6) is 0 Å². The largest absolute Gasteiger partial charge is 0.488 e. The highest BCUT2D eigenvalue weighted by Gasteiger charge is 2.19. The van der Waals surface area contributed by atoms with E-state index in [1.807, 2.05) is 209 Å². The van der Waals surface area contributed by atoms with Crippen molar-refractivity contribution in [3.63, 3.8) is 0 Å². The first-order chi connectivity index (χ1) is 50.6. The molecule has 0 fully saturated rings. The monoisotopic (exact) mass is 1640 g/mol. The molecule has 0 saturated heterocycles. The Kier molecular flexibility index (Phi) is 33.6. The van der Waals surface area contributed by atoms with E-state index in [2.05, 4.69) is 119 Å². The lowest BCUT2D eigenvalue weighted by atomic mass is 9.75. The van der Waals surface area contributed by atoms with Gasteiger partial charge in [0.05, 0.1) is 0 Å². The third-order valence-corrected chi connectivity index (χ3v) is 18.8. The second-order valence-corrected chi connectivity index (χ2v) is 29.8. The predicted octanol–water partition coefficient (Wildman–Crippen LogP) is 23.9. The Morgan fingerprint density at radius 3 is 1.07 bits per heavy atom. The van der Waals surface area contributed by atoms with E-state index in [0.29, 0.717) is 58.9 Å². The summed E-state index contributed by atoms with van der Waals surface area (Å²) in [5.74, 6) is 0.422. The van der Waals surface area contributed by atoms with Gasteiger partial charge in [0, 0.05) is 107 Å². The molecule has 8 aromatic carbocycles. The number of hydrogen-bond acceptors (Lipinski definition) is 12. The van der Waals surface area contributed by atoms with Crippen molar-refractivity contribution in [3.8, 4) is 55.6 Å². The molecular weight excluding hydrogens is 1540 g/mol. The average molecular weight is 1640 g/mol. The highest BCUT2D eigenvalue weighted by atomic mass is 79.9. The Labute approximate surface area is 655 Å². The van der Waals surface area contributed by atoms with Gasteiger partial charge in [0.25, 0.3) is 0 Å². The zero-order valence-corrected chi connectivity index (χ0v) is 69.1. The van der Waals surface area contributed by atoms with Gasteiger partial charge in [-0.05, 0) is 334 Å². The van der Waals surface area contributed by atoms with Crippen LogP contribution in [-0.2, 0) is 0 Å². The molecule has 0 unspecified atom stereocenters. The number of hydrazone groups is 2. The molecule has 12 nitrogen and oxygen atoms in total. The molecule has 0 aliphatic heterocycles. The maximum atomic E-state index is 14.9. The molecule has 560 valence electrons. The van der Waals surface area contributed by atoms with Crippen LogP contribution in [0.1, 0.15) is 114 Å². The number of nitrogens with two attached hydrogens (primary N) is 1. The van der Waals surface area contributed by atoms with Crippen LogP contribution < -0.4 is 38.0 Å². The maximum Gasteiger partial charge on any atom is 0.488 e. The first-order valence-electron chi connectivity index (χ1n) is 34.9. The molecule has 107 heavy (non-hydrogen) atoms. The summed E-state index contributed by atoms with van der Waals surface area (Å²) >= 11 is 10.3. The van der Waals surface area contributed by atoms with E-state index in [4.69, 9.17) is 5.73 Å². The van der Waals surface area contributed by atoms with Crippen molar-refractivity contribution in [1.29, 1.82) is 0 Å². The minimum absolute atomic E-state index is 0.202. The number of anilines is 6. The second kappa shape index (κ2) is 41.6. The zero-order valence-electron chi connectivity index (χ0n) is 64.3. The topological polar surface area (TPSA) is 177 Å². The molecule has 0 aliphatic rings. The van der Waals surface area contributed by atoms with Crippen LogP contribution in [0.3, 0.4) is 0 Å². The lowest BCUT2D eigenvalue weighted by molar-refractivity contribution is 0.425. The van der Waals surface area contributed by atoms with Crippen LogP contribution in [0.4, 0.5) is 51.9 Å². The summed E-state index contributed by atoms with van der Waals surface area (Å²) < 4.78 is 60.9. The van der Waals surface area contributed by atoms with Gasteiger partial charge in [-0.1, -0.05) is 96.6 Å². The molecule has 10 aromatic rings. The van der Waals surface area contributed by atoms with Crippen LogP contribution in [-0.4, -0.2) is 58.2 Å². The standard InChI is InChI=1S/C27H31FN4.C19H23BFNO2.C19H21BrFN.C14H13BrFN.C8H10BrN3/c1-17(2)11-12-29-22-8-9-23(26(28)15-22)25-14-19(5)24(13-20(25)6)21-7-10-27(30-16-21)32-31-18(3)4;1-12(2)7-8-22-15-5-6-16(19(21)11-15)17-9-14(4)18(20(23)24)10-13(17)3;1-12(2)7-8-22-15-5-6-16(19(21)11-15)17-9-14(4)18(20)10-13(17)3;1-8-6-13(15)9(2)5-12(8)11-4-3-10(17)7-14(11)16;1-6(2)11-12-8-4-3-7(9)5-10-8/h7-11,13-16,29H,12H2,1-6H3,(H,30,32);5-7,9-11,22-24H,8H2,1-4H3;5-7,9-11,22H,8H2,1-4H3;3-7H,17H2,1-2H3;3-5H,1-2H3,(H,10,12). The molecular formula is C87H98BBr3F4N10O2. The van der Waals surface area contributed by atoms with E-state index in [0.717, 1.165) is 126 Å². The molecule has 9 N–H and O–H groups in total. The van der Waals surface area contributed by atoms with E-state index < -0.39 is 7.12 Å². The Morgan fingerprint density at radius 1 is 0.393 bits per heavy atom. The van der Waals surface area contributed by atoms with Crippen molar-refractivity contribution in [3.05, 3.63) is 274 Å². The van der Waals surface area contributed by atoms with Crippen LogP contribution in [0.15, 0.2) is 217 Å². The highest BCUT2D eigenvalue weighted by Crippen LogP contribution is 2.37. The minimum atomic E-state index is -1.52. The summed E-state index contributed by atoms with van der Waals surface area (Å²) in [6.45, 7) is 37.6. The van der Waals surface area contributed by atoms with Crippen molar-refractivity contribution < 1.29 is 27.6 Å². The molecule has 20 heteroatoms. The molecule has 0 amide bonds. The number of pyridine rings is 2. The summed E-state index contributed by atoms with van der Waals surface area (Å²) in [6, 6.07) is 43.9. The third-order valence-electron chi connectivity index (χ3n) is 16.6. The smallest absolute Gasteiger partial charge is 0.423 e. The van der Waals surface area contributed by atoms with Gasteiger partial charge in [-0.3, -0.25) is 10.9 Å². The summed E-state index contributed by atoms with van der Waals surface area (Å²) in [7, 11) is -1.52. The molecule has 0 aliphatic carbocycles. The van der Waals surface area contributed by atoms with Gasteiger partial charge < -0.3 is 31.7 Å². The van der Waals surface area contributed by atoms with Gasteiger partial charge in [0.2, 0.25) is 0 Å². The Bertz CT molecular complexity index is 4870. The molecule has 2 aromatic heterocycles. The lowest BCUT2D eigenvalue weighted by Gasteiger charge is -2.14. The van der Waals surface area contributed by atoms with Gasteiger partial charge in [-0.25, -0.2) is 27.5 Å². The Hall–Kier alpha value is -9.44. The number of allylic oxidation sites excluding steroid dienone is 3. The second-order valence-electron chi connectivity index (χ2n) is 27.2. The number of hydrogen-bond donors (Lipinski definition) is 8. The third kappa shape index (κ3) is 27.1. The summed E-state index contributed by atoms with van der Waals surface area (Å²) in [6.07, 6.45) is 9.75. The Morgan fingerprint density at radius 2 is 0.729 bits per heavy atom. The number of benzene rings is 8. The number of aryl methyl sites for hydroxylation is 8.